The molecule has 2 unspecified atom stereocenters. The molecule has 2 rings (SSSR count). The van der Waals surface area contributed by atoms with Gasteiger partial charge in [-0.2, -0.15) is 0 Å². The summed E-state index contributed by atoms with van der Waals surface area (Å²) in [5.74, 6) is 0.720. The van der Waals surface area contributed by atoms with Gasteiger partial charge in [-0.05, 0) is 57.2 Å². The van der Waals surface area contributed by atoms with Gasteiger partial charge in [0.1, 0.15) is 0 Å². The predicted octanol–water partition coefficient (Wildman–Crippen LogP) is 2.68. The van der Waals surface area contributed by atoms with E-state index in [1.165, 1.54) is 44.3 Å². The second kappa shape index (κ2) is 6.91. The fraction of sp³-hybridized carbons (Fsp3) is 0.625. The van der Waals surface area contributed by atoms with Gasteiger partial charge in [0.15, 0.2) is 0 Å². The minimum Gasteiger partial charge on any atom is -0.330 e. The SMILES string of the molecule is CC1CCC(CN)CN1CCCc1ccccc1. The molecule has 1 aromatic carbocycles. The van der Waals surface area contributed by atoms with E-state index >= 15 is 0 Å². The Labute approximate surface area is 111 Å². The summed E-state index contributed by atoms with van der Waals surface area (Å²) in [5, 5.41) is 0. The number of piperidine rings is 1. The number of hydrogen-bond acceptors (Lipinski definition) is 2. The van der Waals surface area contributed by atoms with Crippen molar-refractivity contribution >= 4 is 0 Å². The van der Waals surface area contributed by atoms with Crippen LogP contribution in [0.5, 0.6) is 0 Å². The monoisotopic (exact) mass is 246 g/mol. The smallest absolute Gasteiger partial charge is 0.00671 e. The maximum absolute atomic E-state index is 5.80. The van der Waals surface area contributed by atoms with Crippen molar-refractivity contribution in [2.45, 2.75) is 38.6 Å². The van der Waals surface area contributed by atoms with Gasteiger partial charge in [0.2, 0.25) is 0 Å². The molecule has 0 spiro atoms. The topological polar surface area (TPSA) is 29.3 Å². The number of likely N-dealkylation sites (tertiary alicyclic amines) is 1. The van der Waals surface area contributed by atoms with Crippen LogP contribution in [0.1, 0.15) is 31.7 Å². The molecule has 1 aliphatic heterocycles. The minimum absolute atomic E-state index is 0.720. The molecule has 0 bridgehead atoms. The number of aryl methyl sites for hydroxylation is 1. The minimum atomic E-state index is 0.720. The highest BCUT2D eigenvalue weighted by Gasteiger charge is 2.23. The Kier molecular flexibility index (Phi) is 5.21. The summed E-state index contributed by atoms with van der Waals surface area (Å²) < 4.78 is 0. The lowest BCUT2D eigenvalue weighted by Gasteiger charge is -2.37. The lowest BCUT2D eigenvalue weighted by atomic mass is 9.93. The van der Waals surface area contributed by atoms with Gasteiger partial charge in [0.05, 0.1) is 0 Å². The van der Waals surface area contributed by atoms with Crippen molar-refractivity contribution in [2.24, 2.45) is 11.7 Å². The predicted molar refractivity (Wildman–Crippen MR) is 77.6 cm³/mol. The van der Waals surface area contributed by atoms with Gasteiger partial charge in [0, 0.05) is 12.6 Å². The zero-order valence-corrected chi connectivity index (χ0v) is 11.5. The molecule has 1 aliphatic rings. The summed E-state index contributed by atoms with van der Waals surface area (Å²) in [6, 6.07) is 11.5. The van der Waals surface area contributed by atoms with E-state index in [4.69, 9.17) is 5.73 Å². The van der Waals surface area contributed by atoms with E-state index in [0.29, 0.717) is 0 Å². The zero-order chi connectivity index (χ0) is 12.8. The van der Waals surface area contributed by atoms with Crippen LogP contribution in [-0.4, -0.2) is 30.6 Å². The Balaban J connectivity index is 1.75. The van der Waals surface area contributed by atoms with Crippen LogP contribution in [0.3, 0.4) is 0 Å². The molecule has 18 heavy (non-hydrogen) atoms. The average Bonchev–Trinajstić information content (AvgIpc) is 2.42. The molecule has 0 aromatic heterocycles. The van der Waals surface area contributed by atoms with E-state index in [2.05, 4.69) is 42.2 Å². The molecule has 1 fully saturated rings. The van der Waals surface area contributed by atoms with Crippen LogP contribution in [0.4, 0.5) is 0 Å². The number of benzene rings is 1. The standard InChI is InChI=1S/C16H26N2/c1-14-9-10-16(12-17)13-18(14)11-5-8-15-6-3-2-4-7-15/h2-4,6-7,14,16H,5,8-13,17H2,1H3. The van der Waals surface area contributed by atoms with Gasteiger partial charge in [-0.1, -0.05) is 30.3 Å². The van der Waals surface area contributed by atoms with Crippen molar-refractivity contribution in [1.29, 1.82) is 0 Å². The van der Waals surface area contributed by atoms with Crippen molar-refractivity contribution in [2.75, 3.05) is 19.6 Å². The molecular formula is C16H26N2. The van der Waals surface area contributed by atoms with Crippen LogP contribution < -0.4 is 5.73 Å². The molecular weight excluding hydrogens is 220 g/mol. The van der Waals surface area contributed by atoms with Gasteiger partial charge in [0.25, 0.3) is 0 Å². The fourth-order valence-electron chi connectivity index (χ4n) is 2.90. The fourth-order valence-corrected chi connectivity index (χ4v) is 2.90. The Hall–Kier alpha value is -0.860. The second-order valence-corrected chi connectivity index (χ2v) is 5.61. The maximum Gasteiger partial charge on any atom is 0.00671 e. The van der Waals surface area contributed by atoms with Gasteiger partial charge >= 0.3 is 0 Å². The van der Waals surface area contributed by atoms with Crippen LogP contribution in [-0.2, 0) is 6.42 Å². The van der Waals surface area contributed by atoms with Crippen LogP contribution in [0.25, 0.3) is 0 Å². The van der Waals surface area contributed by atoms with Crippen molar-refractivity contribution in [3.05, 3.63) is 35.9 Å². The van der Waals surface area contributed by atoms with Gasteiger partial charge in [-0.3, -0.25) is 0 Å². The lowest BCUT2D eigenvalue weighted by molar-refractivity contribution is 0.119. The van der Waals surface area contributed by atoms with Crippen LogP contribution in [0.2, 0.25) is 0 Å². The van der Waals surface area contributed by atoms with Crippen molar-refractivity contribution in [1.82, 2.24) is 4.90 Å². The molecule has 2 nitrogen and oxygen atoms in total. The van der Waals surface area contributed by atoms with Crippen molar-refractivity contribution in [3.63, 3.8) is 0 Å². The molecule has 1 saturated heterocycles. The first-order valence-corrected chi connectivity index (χ1v) is 7.27. The maximum atomic E-state index is 5.80. The summed E-state index contributed by atoms with van der Waals surface area (Å²) in [4.78, 5) is 2.63. The molecule has 0 saturated carbocycles. The lowest BCUT2D eigenvalue weighted by Crippen LogP contribution is -2.44. The molecule has 0 aliphatic carbocycles. The number of nitrogens with two attached hydrogens (primary N) is 1. The molecule has 100 valence electrons. The van der Waals surface area contributed by atoms with Gasteiger partial charge in [-0.25, -0.2) is 0 Å². The van der Waals surface area contributed by atoms with Crippen LogP contribution in [0.15, 0.2) is 30.3 Å². The van der Waals surface area contributed by atoms with E-state index in [1.54, 1.807) is 0 Å². The Morgan fingerprint density at radius 2 is 2.00 bits per heavy atom. The molecule has 1 heterocycles. The van der Waals surface area contributed by atoms with E-state index in [9.17, 15) is 0 Å². The first-order chi connectivity index (χ1) is 8.79. The van der Waals surface area contributed by atoms with Crippen molar-refractivity contribution < 1.29 is 0 Å². The highest BCUT2D eigenvalue weighted by atomic mass is 15.2. The summed E-state index contributed by atoms with van der Waals surface area (Å²) in [6.45, 7) is 5.62. The number of hydrogen-bond donors (Lipinski definition) is 1. The molecule has 0 amide bonds. The molecule has 1 aromatic rings. The zero-order valence-electron chi connectivity index (χ0n) is 11.5. The van der Waals surface area contributed by atoms with Gasteiger partial charge < -0.3 is 10.6 Å². The third-order valence-electron chi connectivity index (χ3n) is 4.20. The Morgan fingerprint density at radius 1 is 1.22 bits per heavy atom. The number of nitrogens with zero attached hydrogens (tertiary/aromatic N) is 1. The largest absolute Gasteiger partial charge is 0.330 e. The van der Waals surface area contributed by atoms with Crippen LogP contribution in [0, 0.1) is 5.92 Å². The van der Waals surface area contributed by atoms with Crippen molar-refractivity contribution in [3.8, 4) is 0 Å². The first-order valence-electron chi connectivity index (χ1n) is 7.27. The first kappa shape index (κ1) is 13.6. The third kappa shape index (κ3) is 3.82. The van der Waals surface area contributed by atoms with Gasteiger partial charge in [-0.15, -0.1) is 0 Å². The average molecular weight is 246 g/mol. The quantitative estimate of drug-likeness (QED) is 0.865. The third-order valence-corrected chi connectivity index (χ3v) is 4.20. The molecule has 0 radical (unpaired) electrons. The Bertz CT molecular complexity index is 336. The van der Waals surface area contributed by atoms with E-state index in [0.717, 1.165) is 18.5 Å². The summed E-state index contributed by atoms with van der Waals surface area (Å²) in [7, 11) is 0. The highest BCUT2D eigenvalue weighted by Crippen LogP contribution is 2.21. The summed E-state index contributed by atoms with van der Waals surface area (Å²) >= 11 is 0. The normalized spacial score (nSPS) is 25.2. The van der Waals surface area contributed by atoms with E-state index in [1.807, 2.05) is 0 Å². The summed E-state index contributed by atoms with van der Waals surface area (Å²) in [6.07, 6.45) is 5.07. The highest BCUT2D eigenvalue weighted by molar-refractivity contribution is 5.14. The number of rotatable bonds is 5. The molecule has 2 atom stereocenters. The van der Waals surface area contributed by atoms with E-state index in [-0.39, 0.29) is 0 Å². The van der Waals surface area contributed by atoms with E-state index < -0.39 is 0 Å². The molecule has 2 N–H and O–H groups in total. The summed E-state index contributed by atoms with van der Waals surface area (Å²) in [5.41, 5.74) is 7.26. The molecule has 2 heteroatoms. The second-order valence-electron chi connectivity index (χ2n) is 5.61. The Morgan fingerprint density at radius 3 is 2.72 bits per heavy atom. The van der Waals surface area contributed by atoms with Crippen LogP contribution >= 0.6 is 0 Å².